The van der Waals surface area contributed by atoms with E-state index >= 15 is 0 Å². The van der Waals surface area contributed by atoms with E-state index in [4.69, 9.17) is 0 Å². The van der Waals surface area contributed by atoms with Gasteiger partial charge in [0.05, 0.1) is 36.9 Å². The lowest BCUT2D eigenvalue weighted by molar-refractivity contribution is -0.131. The first-order valence-corrected chi connectivity index (χ1v) is 7.68. The van der Waals surface area contributed by atoms with Crippen molar-refractivity contribution in [1.82, 2.24) is 35.0 Å². The second-order valence-electron chi connectivity index (χ2n) is 6.01. The van der Waals surface area contributed by atoms with Crippen LogP contribution in [0.2, 0.25) is 0 Å². The van der Waals surface area contributed by atoms with Gasteiger partial charge in [-0.2, -0.15) is 5.10 Å². The standard InChI is InChI=1S/C15H17N7O2/c1-9-12(20-24-19-9)3-14(23)22-6-11(10-4-18-21(2)5-10)15-13(7-22)16-8-17-15/h4-5,8,11H,3,6-7H2,1-2H3,(H,16,17). The van der Waals surface area contributed by atoms with Crippen LogP contribution >= 0.6 is 0 Å². The van der Waals surface area contributed by atoms with Gasteiger partial charge < -0.3 is 9.88 Å². The average molecular weight is 327 g/mol. The number of hydrogen-bond acceptors (Lipinski definition) is 6. The molecule has 4 heterocycles. The van der Waals surface area contributed by atoms with E-state index in [-0.39, 0.29) is 18.2 Å². The second-order valence-corrected chi connectivity index (χ2v) is 6.01. The monoisotopic (exact) mass is 327 g/mol. The number of imidazole rings is 1. The molecular formula is C15H17N7O2. The van der Waals surface area contributed by atoms with E-state index in [9.17, 15) is 4.79 Å². The van der Waals surface area contributed by atoms with Crippen molar-refractivity contribution in [1.29, 1.82) is 0 Å². The summed E-state index contributed by atoms with van der Waals surface area (Å²) in [6.45, 7) is 2.85. The molecule has 1 atom stereocenters. The molecule has 24 heavy (non-hydrogen) atoms. The van der Waals surface area contributed by atoms with Crippen LogP contribution in [0.25, 0.3) is 0 Å². The number of hydrogen-bond donors (Lipinski definition) is 1. The molecule has 9 heteroatoms. The summed E-state index contributed by atoms with van der Waals surface area (Å²) in [5.41, 5.74) is 4.20. The summed E-state index contributed by atoms with van der Waals surface area (Å²) in [7, 11) is 1.88. The van der Waals surface area contributed by atoms with Gasteiger partial charge in [-0.1, -0.05) is 10.3 Å². The second kappa shape index (κ2) is 5.59. The predicted molar refractivity (Wildman–Crippen MR) is 81.8 cm³/mol. The Labute approximate surface area is 137 Å². The van der Waals surface area contributed by atoms with E-state index < -0.39 is 0 Å². The first kappa shape index (κ1) is 14.6. The highest BCUT2D eigenvalue weighted by atomic mass is 16.6. The van der Waals surface area contributed by atoms with Crippen molar-refractivity contribution in [3.05, 3.63) is 47.1 Å². The fourth-order valence-corrected chi connectivity index (χ4v) is 3.06. The number of rotatable bonds is 3. The number of nitrogens with zero attached hydrogens (tertiary/aromatic N) is 6. The highest BCUT2D eigenvalue weighted by molar-refractivity contribution is 5.79. The molecule has 0 saturated heterocycles. The van der Waals surface area contributed by atoms with Crippen molar-refractivity contribution in [2.45, 2.75) is 25.8 Å². The molecule has 0 aromatic carbocycles. The van der Waals surface area contributed by atoms with E-state index in [1.54, 1.807) is 17.9 Å². The number of carbonyl (C=O) groups excluding carboxylic acids is 1. The summed E-state index contributed by atoms with van der Waals surface area (Å²) >= 11 is 0. The van der Waals surface area contributed by atoms with E-state index in [1.165, 1.54) is 0 Å². The highest BCUT2D eigenvalue weighted by Gasteiger charge is 2.32. The number of aromatic nitrogens is 6. The van der Waals surface area contributed by atoms with Crippen LogP contribution in [0.1, 0.15) is 34.3 Å². The van der Waals surface area contributed by atoms with E-state index in [1.807, 2.05) is 24.3 Å². The van der Waals surface area contributed by atoms with Gasteiger partial charge in [-0.3, -0.25) is 9.48 Å². The molecule has 1 aliphatic rings. The van der Waals surface area contributed by atoms with Gasteiger partial charge in [-0.15, -0.1) is 0 Å². The summed E-state index contributed by atoms with van der Waals surface area (Å²) in [4.78, 5) is 22.1. The minimum atomic E-state index is -0.0112. The Morgan fingerprint density at radius 2 is 2.33 bits per heavy atom. The van der Waals surface area contributed by atoms with Crippen LogP contribution < -0.4 is 0 Å². The zero-order valence-electron chi connectivity index (χ0n) is 13.4. The summed E-state index contributed by atoms with van der Waals surface area (Å²) in [5.74, 6) is -0.00267. The number of aryl methyl sites for hydroxylation is 2. The minimum Gasteiger partial charge on any atom is -0.347 e. The number of aromatic amines is 1. The maximum Gasteiger partial charge on any atom is 0.229 e. The van der Waals surface area contributed by atoms with Crippen LogP contribution in [-0.2, 0) is 24.8 Å². The first-order chi connectivity index (χ1) is 11.6. The van der Waals surface area contributed by atoms with Gasteiger partial charge >= 0.3 is 0 Å². The van der Waals surface area contributed by atoms with Crippen molar-refractivity contribution < 1.29 is 9.42 Å². The SMILES string of the molecule is Cc1nonc1CC(=O)N1Cc2[nH]cnc2C(c2cnn(C)c2)C1. The van der Waals surface area contributed by atoms with E-state index in [0.717, 1.165) is 17.0 Å². The van der Waals surface area contributed by atoms with Gasteiger partial charge in [0.15, 0.2) is 0 Å². The molecule has 1 aliphatic heterocycles. The lowest BCUT2D eigenvalue weighted by Crippen LogP contribution is -2.39. The third-order valence-corrected chi connectivity index (χ3v) is 4.38. The molecule has 3 aromatic rings. The molecule has 0 spiro atoms. The van der Waals surface area contributed by atoms with Crippen molar-refractivity contribution >= 4 is 5.91 Å². The fourth-order valence-electron chi connectivity index (χ4n) is 3.06. The van der Waals surface area contributed by atoms with Crippen LogP contribution in [-0.4, -0.2) is 47.4 Å². The molecule has 1 N–H and O–H groups in total. The quantitative estimate of drug-likeness (QED) is 0.753. The lowest BCUT2D eigenvalue weighted by atomic mass is 9.93. The number of fused-ring (bicyclic) bond motifs is 1. The topological polar surface area (TPSA) is 106 Å². The molecule has 0 bridgehead atoms. The number of carbonyl (C=O) groups is 1. The van der Waals surface area contributed by atoms with Crippen LogP contribution in [0.3, 0.4) is 0 Å². The largest absolute Gasteiger partial charge is 0.347 e. The molecule has 0 saturated carbocycles. The molecule has 0 radical (unpaired) electrons. The lowest BCUT2D eigenvalue weighted by Gasteiger charge is -2.31. The van der Waals surface area contributed by atoms with Crippen LogP contribution in [0.5, 0.6) is 0 Å². The van der Waals surface area contributed by atoms with Crippen molar-refractivity contribution in [2.75, 3.05) is 6.54 Å². The third kappa shape index (κ3) is 2.47. The normalized spacial score (nSPS) is 17.1. The Bertz CT molecular complexity index is 878. The van der Waals surface area contributed by atoms with Gasteiger partial charge in [0, 0.05) is 31.3 Å². The Kier molecular flexibility index (Phi) is 3.40. The minimum absolute atomic E-state index is 0.00850. The first-order valence-electron chi connectivity index (χ1n) is 7.68. The summed E-state index contributed by atoms with van der Waals surface area (Å²) in [6.07, 6.45) is 5.64. The average Bonchev–Trinajstić information content (AvgIpc) is 3.28. The van der Waals surface area contributed by atoms with Gasteiger partial charge in [0.25, 0.3) is 0 Å². The number of nitrogens with one attached hydrogen (secondary N) is 1. The maximum atomic E-state index is 12.7. The summed E-state index contributed by atoms with van der Waals surface area (Å²) in [5, 5.41) is 11.8. The van der Waals surface area contributed by atoms with Crippen molar-refractivity contribution in [2.24, 2.45) is 7.05 Å². The Morgan fingerprint density at radius 1 is 1.46 bits per heavy atom. The molecule has 4 rings (SSSR count). The van der Waals surface area contributed by atoms with Crippen molar-refractivity contribution in [3.63, 3.8) is 0 Å². The fraction of sp³-hybridized carbons (Fsp3) is 0.400. The molecule has 1 amide bonds. The molecule has 124 valence electrons. The van der Waals surface area contributed by atoms with E-state index in [0.29, 0.717) is 24.5 Å². The van der Waals surface area contributed by atoms with Gasteiger partial charge in [-0.25, -0.2) is 9.61 Å². The van der Waals surface area contributed by atoms with Gasteiger partial charge in [-0.05, 0) is 6.92 Å². The highest BCUT2D eigenvalue weighted by Crippen LogP contribution is 2.31. The zero-order chi connectivity index (χ0) is 16.7. The summed E-state index contributed by atoms with van der Waals surface area (Å²) in [6, 6.07) is 0. The van der Waals surface area contributed by atoms with Crippen LogP contribution in [0.15, 0.2) is 23.4 Å². The number of H-pyrrole nitrogens is 1. The molecule has 9 nitrogen and oxygen atoms in total. The molecule has 1 unspecified atom stereocenters. The van der Waals surface area contributed by atoms with Gasteiger partial charge in [0.1, 0.15) is 11.4 Å². The third-order valence-electron chi connectivity index (χ3n) is 4.38. The molecular weight excluding hydrogens is 310 g/mol. The van der Waals surface area contributed by atoms with Crippen LogP contribution in [0, 0.1) is 6.92 Å². The van der Waals surface area contributed by atoms with Gasteiger partial charge in [0.2, 0.25) is 5.91 Å². The Hall–Kier alpha value is -2.97. The Morgan fingerprint density at radius 3 is 3.04 bits per heavy atom. The molecule has 0 fully saturated rings. The maximum absolute atomic E-state index is 12.7. The summed E-state index contributed by atoms with van der Waals surface area (Å²) < 4.78 is 6.43. The zero-order valence-corrected chi connectivity index (χ0v) is 13.4. The smallest absolute Gasteiger partial charge is 0.229 e. The number of amides is 1. The predicted octanol–water partition coefficient (Wildman–Crippen LogP) is 0.551. The Balaban J connectivity index is 1.60. The molecule has 0 aliphatic carbocycles. The van der Waals surface area contributed by atoms with Crippen LogP contribution in [0.4, 0.5) is 0 Å². The van der Waals surface area contributed by atoms with Crippen molar-refractivity contribution in [3.8, 4) is 0 Å². The molecule has 3 aromatic heterocycles. The van der Waals surface area contributed by atoms with E-state index in [2.05, 4.69) is 30.0 Å².